The third-order valence-corrected chi connectivity index (χ3v) is 4.12. The maximum atomic E-state index is 12.2. The van der Waals surface area contributed by atoms with E-state index in [-0.39, 0.29) is 30.9 Å². The molecule has 1 fully saturated rings. The number of aliphatic hydroxyl groups excluding tert-OH is 1. The molecule has 2 rings (SSSR count). The molecule has 1 aromatic rings. The van der Waals surface area contributed by atoms with Gasteiger partial charge in [0, 0.05) is 30.6 Å². The van der Waals surface area contributed by atoms with Crippen molar-refractivity contribution >= 4 is 5.91 Å². The average Bonchev–Trinajstić information content (AvgIpc) is 2.92. The summed E-state index contributed by atoms with van der Waals surface area (Å²) in [5.41, 5.74) is 0.988. The van der Waals surface area contributed by atoms with E-state index in [0.717, 1.165) is 19.3 Å². The zero-order valence-electron chi connectivity index (χ0n) is 12.2. The first-order valence-corrected chi connectivity index (χ1v) is 7.46. The number of rotatable bonds is 5. The summed E-state index contributed by atoms with van der Waals surface area (Å²) in [5.74, 6) is -0.150. The minimum atomic E-state index is -4.17. The fraction of sp³-hybridized carbons (Fsp3) is 0.562. The van der Waals surface area contributed by atoms with Crippen LogP contribution in [0.3, 0.4) is 0 Å². The van der Waals surface area contributed by atoms with Crippen molar-refractivity contribution in [2.75, 3.05) is 6.61 Å². The molecular weight excluding hydrogens is 295 g/mol. The highest BCUT2D eigenvalue weighted by molar-refractivity contribution is 5.94. The van der Waals surface area contributed by atoms with Gasteiger partial charge in [0.05, 0.1) is 0 Å². The van der Waals surface area contributed by atoms with Gasteiger partial charge in [-0.2, -0.15) is 13.2 Å². The number of benzene rings is 1. The lowest BCUT2D eigenvalue weighted by molar-refractivity contribution is -0.134. The molecule has 22 heavy (non-hydrogen) atoms. The SMILES string of the molecule is O=C(N[C@H]1CCC[C@H]1CO)c1ccc(CCC(F)(F)F)cc1. The van der Waals surface area contributed by atoms with Crippen molar-refractivity contribution in [3.63, 3.8) is 0 Å². The molecule has 2 atom stereocenters. The number of amides is 1. The Bertz CT molecular complexity index is 499. The number of nitrogens with one attached hydrogen (secondary N) is 1. The number of carbonyl (C=O) groups is 1. The van der Waals surface area contributed by atoms with Crippen molar-refractivity contribution in [1.82, 2.24) is 5.32 Å². The largest absolute Gasteiger partial charge is 0.396 e. The van der Waals surface area contributed by atoms with E-state index in [0.29, 0.717) is 11.1 Å². The molecule has 1 amide bonds. The van der Waals surface area contributed by atoms with Crippen molar-refractivity contribution in [3.05, 3.63) is 35.4 Å². The van der Waals surface area contributed by atoms with Gasteiger partial charge in [0.1, 0.15) is 0 Å². The van der Waals surface area contributed by atoms with Crippen molar-refractivity contribution in [2.45, 2.75) is 44.3 Å². The van der Waals surface area contributed by atoms with E-state index in [9.17, 15) is 23.1 Å². The molecular formula is C16H20F3NO2. The lowest BCUT2D eigenvalue weighted by Gasteiger charge is -2.19. The molecule has 1 aliphatic carbocycles. The molecule has 3 nitrogen and oxygen atoms in total. The van der Waals surface area contributed by atoms with E-state index >= 15 is 0 Å². The van der Waals surface area contributed by atoms with Gasteiger partial charge < -0.3 is 10.4 Å². The minimum absolute atomic E-state index is 0.0256. The van der Waals surface area contributed by atoms with E-state index in [2.05, 4.69) is 5.32 Å². The highest BCUT2D eigenvalue weighted by atomic mass is 19.4. The number of alkyl halides is 3. The molecule has 1 aliphatic rings. The lowest BCUT2D eigenvalue weighted by Crippen LogP contribution is -2.38. The molecule has 0 saturated heterocycles. The Labute approximate surface area is 127 Å². The average molecular weight is 315 g/mol. The van der Waals surface area contributed by atoms with Gasteiger partial charge in [0.25, 0.3) is 5.91 Å². The Kier molecular flexibility index (Phi) is 5.45. The van der Waals surface area contributed by atoms with Gasteiger partial charge in [0.2, 0.25) is 0 Å². The monoisotopic (exact) mass is 315 g/mol. The van der Waals surface area contributed by atoms with Crippen LogP contribution >= 0.6 is 0 Å². The van der Waals surface area contributed by atoms with E-state index in [4.69, 9.17) is 0 Å². The van der Waals surface area contributed by atoms with E-state index < -0.39 is 12.6 Å². The summed E-state index contributed by atoms with van der Waals surface area (Å²) in [7, 11) is 0. The molecule has 0 aromatic heterocycles. The van der Waals surface area contributed by atoms with Gasteiger partial charge in [-0.3, -0.25) is 4.79 Å². The summed E-state index contributed by atoms with van der Waals surface area (Å²) in [6.45, 7) is 0.0569. The standard InChI is InChI=1S/C16H20F3NO2/c17-16(18,19)9-8-11-4-6-12(7-5-11)15(22)20-14-3-1-2-13(14)10-21/h4-7,13-14,21H,1-3,8-10H2,(H,20,22)/t13-,14-/m0/s1. The molecule has 0 heterocycles. The summed E-state index contributed by atoms with van der Waals surface area (Å²) in [5, 5.41) is 12.1. The Morgan fingerprint density at radius 1 is 1.23 bits per heavy atom. The highest BCUT2D eigenvalue weighted by Gasteiger charge is 2.28. The van der Waals surface area contributed by atoms with Crippen LogP contribution in [-0.2, 0) is 6.42 Å². The van der Waals surface area contributed by atoms with Crippen LogP contribution in [0.4, 0.5) is 13.2 Å². The van der Waals surface area contributed by atoms with E-state index in [1.807, 2.05) is 0 Å². The summed E-state index contributed by atoms with van der Waals surface area (Å²) in [6.07, 6.45) is -2.39. The first-order valence-electron chi connectivity index (χ1n) is 7.46. The molecule has 1 aromatic carbocycles. The third kappa shape index (κ3) is 4.73. The smallest absolute Gasteiger partial charge is 0.389 e. The fourth-order valence-electron chi connectivity index (χ4n) is 2.81. The highest BCUT2D eigenvalue weighted by Crippen LogP contribution is 2.25. The van der Waals surface area contributed by atoms with Crippen molar-refractivity contribution in [1.29, 1.82) is 0 Å². The fourth-order valence-corrected chi connectivity index (χ4v) is 2.81. The summed E-state index contributed by atoms with van der Waals surface area (Å²) in [4.78, 5) is 12.1. The molecule has 0 radical (unpaired) electrons. The molecule has 0 spiro atoms. The zero-order valence-corrected chi connectivity index (χ0v) is 12.2. The van der Waals surface area contributed by atoms with Gasteiger partial charge in [-0.1, -0.05) is 18.6 Å². The second kappa shape index (κ2) is 7.13. The predicted octanol–water partition coefficient (Wildman–Crippen LogP) is 3.07. The quantitative estimate of drug-likeness (QED) is 0.877. The number of hydrogen-bond acceptors (Lipinski definition) is 2. The second-order valence-corrected chi connectivity index (χ2v) is 5.77. The summed E-state index contributed by atoms with van der Waals surface area (Å²) in [6, 6.07) is 6.17. The molecule has 0 aliphatic heterocycles. The molecule has 2 N–H and O–H groups in total. The van der Waals surface area contributed by atoms with Crippen LogP contribution < -0.4 is 5.32 Å². The molecule has 122 valence electrons. The number of hydrogen-bond donors (Lipinski definition) is 2. The van der Waals surface area contributed by atoms with Gasteiger partial charge in [0.15, 0.2) is 0 Å². The van der Waals surface area contributed by atoms with Crippen LogP contribution in [0, 0.1) is 5.92 Å². The predicted molar refractivity (Wildman–Crippen MR) is 76.5 cm³/mol. The molecule has 0 unspecified atom stereocenters. The normalized spacial score (nSPS) is 21.8. The van der Waals surface area contributed by atoms with Gasteiger partial charge in [-0.05, 0) is 37.0 Å². The first kappa shape index (κ1) is 16.8. The molecule has 6 heteroatoms. The molecule has 1 saturated carbocycles. The molecule has 0 bridgehead atoms. The Balaban J connectivity index is 1.91. The van der Waals surface area contributed by atoms with Crippen LogP contribution in [0.1, 0.15) is 41.6 Å². The van der Waals surface area contributed by atoms with Gasteiger partial charge in [-0.15, -0.1) is 0 Å². The maximum absolute atomic E-state index is 12.2. The summed E-state index contributed by atoms with van der Waals surface area (Å²) < 4.78 is 36.5. The Morgan fingerprint density at radius 3 is 2.50 bits per heavy atom. The number of aliphatic hydroxyl groups is 1. The van der Waals surface area contributed by atoms with Crippen molar-refractivity contribution in [2.24, 2.45) is 5.92 Å². The van der Waals surface area contributed by atoms with Crippen LogP contribution in [0.2, 0.25) is 0 Å². The van der Waals surface area contributed by atoms with Gasteiger partial charge >= 0.3 is 6.18 Å². The van der Waals surface area contributed by atoms with Crippen LogP contribution in [0.15, 0.2) is 24.3 Å². The lowest BCUT2D eigenvalue weighted by atomic mass is 10.0. The summed E-state index contributed by atoms with van der Waals surface area (Å²) >= 11 is 0. The number of halogens is 3. The van der Waals surface area contributed by atoms with E-state index in [1.165, 1.54) is 0 Å². The second-order valence-electron chi connectivity index (χ2n) is 5.77. The first-order chi connectivity index (χ1) is 10.4. The Hall–Kier alpha value is -1.56. The van der Waals surface area contributed by atoms with E-state index in [1.54, 1.807) is 24.3 Å². The topological polar surface area (TPSA) is 49.3 Å². The van der Waals surface area contributed by atoms with Crippen molar-refractivity contribution in [3.8, 4) is 0 Å². The minimum Gasteiger partial charge on any atom is -0.396 e. The van der Waals surface area contributed by atoms with Crippen LogP contribution in [0.25, 0.3) is 0 Å². The Morgan fingerprint density at radius 2 is 1.91 bits per heavy atom. The zero-order chi connectivity index (χ0) is 16.2. The van der Waals surface area contributed by atoms with Gasteiger partial charge in [-0.25, -0.2) is 0 Å². The number of carbonyl (C=O) groups excluding carboxylic acids is 1. The van der Waals surface area contributed by atoms with Crippen molar-refractivity contribution < 1.29 is 23.1 Å². The van der Waals surface area contributed by atoms with Crippen LogP contribution in [0.5, 0.6) is 0 Å². The maximum Gasteiger partial charge on any atom is 0.389 e. The van der Waals surface area contributed by atoms with Crippen LogP contribution in [-0.4, -0.2) is 29.8 Å². The third-order valence-electron chi connectivity index (χ3n) is 4.12. The number of aryl methyl sites for hydroxylation is 1.